The number of methoxy groups -OCH3 is 1. The van der Waals surface area contributed by atoms with E-state index in [1.165, 1.54) is 19.2 Å². The highest BCUT2D eigenvalue weighted by molar-refractivity contribution is 7.92. The lowest BCUT2D eigenvalue weighted by molar-refractivity contribution is -0.114. The number of sulfonamides is 1. The fourth-order valence-corrected chi connectivity index (χ4v) is 4.57. The van der Waals surface area contributed by atoms with Crippen molar-refractivity contribution in [3.63, 3.8) is 0 Å². The van der Waals surface area contributed by atoms with E-state index in [2.05, 4.69) is 19.2 Å². The summed E-state index contributed by atoms with van der Waals surface area (Å²) in [4.78, 5) is 13.0. The van der Waals surface area contributed by atoms with E-state index < -0.39 is 15.9 Å². The molecule has 0 atom stereocenters. The normalized spacial score (nSPS) is 11.2. The van der Waals surface area contributed by atoms with Crippen molar-refractivity contribution in [3.05, 3.63) is 84.4 Å². The molecule has 0 aliphatic rings. The number of nitrogens with one attached hydrogen (secondary N) is 1. The number of ether oxygens (including phenoxy) is 1. The lowest BCUT2D eigenvalue weighted by Gasteiger charge is -2.24. The minimum Gasteiger partial charge on any atom is -0.495 e. The van der Waals surface area contributed by atoms with E-state index in [9.17, 15) is 13.2 Å². The molecule has 0 aliphatic carbocycles. The molecule has 3 aromatic carbocycles. The predicted molar refractivity (Wildman–Crippen MR) is 123 cm³/mol. The second kappa shape index (κ2) is 9.66. The van der Waals surface area contributed by atoms with Crippen LogP contribution in [0.4, 0.5) is 11.4 Å². The number of hydrogen-bond donors (Lipinski definition) is 1. The van der Waals surface area contributed by atoms with Crippen molar-refractivity contribution < 1.29 is 17.9 Å². The van der Waals surface area contributed by atoms with Crippen LogP contribution >= 0.6 is 0 Å². The summed E-state index contributed by atoms with van der Waals surface area (Å²) in [7, 11) is -2.44. The minimum atomic E-state index is -3.95. The molecule has 1 N–H and O–H groups in total. The number of carbonyl (C=O) groups excluding carboxylic acids is 1. The first-order chi connectivity index (χ1) is 14.8. The van der Waals surface area contributed by atoms with Crippen molar-refractivity contribution in [3.8, 4) is 5.75 Å². The highest BCUT2D eigenvalue weighted by Gasteiger charge is 2.27. The van der Waals surface area contributed by atoms with Crippen LogP contribution in [-0.2, 0) is 14.8 Å². The molecule has 3 aromatic rings. The van der Waals surface area contributed by atoms with Crippen molar-refractivity contribution in [2.45, 2.75) is 24.7 Å². The van der Waals surface area contributed by atoms with E-state index in [1.54, 1.807) is 54.6 Å². The smallest absolute Gasteiger partial charge is 0.264 e. The van der Waals surface area contributed by atoms with Gasteiger partial charge in [0.1, 0.15) is 12.3 Å². The van der Waals surface area contributed by atoms with Gasteiger partial charge >= 0.3 is 0 Å². The second-order valence-electron chi connectivity index (χ2n) is 7.32. The molecule has 0 unspecified atom stereocenters. The van der Waals surface area contributed by atoms with Crippen LogP contribution in [0.15, 0.2) is 83.8 Å². The molecule has 31 heavy (non-hydrogen) atoms. The summed E-state index contributed by atoms with van der Waals surface area (Å²) in [5, 5.41) is 2.74. The first-order valence-corrected chi connectivity index (χ1v) is 11.4. The molecule has 7 heteroatoms. The third-order valence-electron chi connectivity index (χ3n) is 4.85. The van der Waals surface area contributed by atoms with E-state index in [-0.39, 0.29) is 11.4 Å². The first-order valence-electron chi connectivity index (χ1n) is 9.93. The maximum atomic E-state index is 13.4. The standard InChI is InChI=1S/C24H26N2O4S/c1-18(2)19-13-15-20(16-14-19)26(31(28,29)21-9-5-4-6-10-21)17-24(27)25-22-11-7-8-12-23(22)30-3/h4-16,18H,17H2,1-3H3,(H,25,27). The van der Waals surface area contributed by atoms with Gasteiger partial charge < -0.3 is 10.1 Å². The summed E-state index contributed by atoms with van der Waals surface area (Å²) in [5.74, 6) is 0.327. The molecule has 0 bridgehead atoms. The largest absolute Gasteiger partial charge is 0.495 e. The van der Waals surface area contributed by atoms with E-state index in [0.29, 0.717) is 23.0 Å². The van der Waals surface area contributed by atoms with Crippen LogP contribution in [0.2, 0.25) is 0 Å². The summed E-state index contributed by atoms with van der Waals surface area (Å²) in [6.45, 7) is 3.75. The topological polar surface area (TPSA) is 75.7 Å². The molecule has 3 rings (SSSR count). The van der Waals surface area contributed by atoms with Gasteiger partial charge in [-0.2, -0.15) is 0 Å². The van der Waals surface area contributed by atoms with Crippen LogP contribution < -0.4 is 14.4 Å². The summed E-state index contributed by atoms with van der Waals surface area (Å²) < 4.78 is 33.2. The Morgan fingerprint density at radius 2 is 1.55 bits per heavy atom. The number of amides is 1. The number of benzene rings is 3. The number of rotatable bonds is 8. The van der Waals surface area contributed by atoms with Gasteiger partial charge in [0.25, 0.3) is 10.0 Å². The lowest BCUT2D eigenvalue weighted by atomic mass is 10.0. The van der Waals surface area contributed by atoms with Gasteiger partial charge in [0.05, 0.1) is 23.4 Å². The lowest BCUT2D eigenvalue weighted by Crippen LogP contribution is -2.38. The van der Waals surface area contributed by atoms with Crippen LogP contribution in [-0.4, -0.2) is 28.0 Å². The van der Waals surface area contributed by atoms with E-state index in [0.717, 1.165) is 9.87 Å². The fourth-order valence-electron chi connectivity index (χ4n) is 3.13. The van der Waals surface area contributed by atoms with Gasteiger partial charge in [-0.05, 0) is 47.9 Å². The zero-order valence-electron chi connectivity index (χ0n) is 17.8. The summed E-state index contributed by atoms with van der Waals surface area (Å²) in [6.07, 6.45) is 0. The Morgan fingerprint density at radius 3 is 2.16 bits per heavy atom. The van der Waals surface area contributed by atoms with Gasteiger partial charge in [-0.15, -0.1) is 0 Å². The number of anilines is 2. The van der Waals surface area contributed by atoms with Crippen molar-refractivity contribution in [2.24, 2.45) is 0 Å². The van der Waals surface area contributed by atoms with Crippen molar-refractivity contribution in [2.75, 3.05) is 23.3 Å². The maximum absolute atomic E-state index is 13.4. The third kappa shape index (κ3) is 5.24. The quantitative estimate of drug-likeness (QED) is 0.555. The number of para-hydroxylation sites is 2. The van der Waals surface area contributed by atoms with Crippen LogP contribution in [0.3, 0.4) is 0 Å². The Morgan fingerprint density at radius 1 is 0.935 bits per heavy atom. The third-order valence-corrected chi connectivity index (χ3v) is 6.64. The summed E-state index contributed by atoms with van der Waals surface area (Å²) in [6, 6.07) is 22.3. The van der Waals surface area contributed by atoms with Crippen molar-refractivity contribution >= 4 is 27.3 Å². The predicted octanol–water partition coefficient (Wildman–Crippen LogP) is 4.65. The highest BCUT2D eigenvalue weighted by Crippen LogP contribution is 2.27. The molecule has 6 nitrogen and oxygen atoms in total. The van der Waals surface area contributed by atoms with E-state index in [4.69, 9.17) is 4.74 Å². The average Bonchev–Trinajstić information content (AvgIpc) is 2.78. The molecule has 0 aromatic heterocycles. The Hall–Kier alpha value is -3.32. The maximum Gasteiger partial charge on any atom is 0.264 e. The Bertz CT molecular complexity index is 1130. The molecule has 0 radical (unpaired) electrons. The molecule has 0 spiro atoms. The number of hydrogen-bond acceptors (Lipinski definition) is 4. The zero-order chi connectivity index (χ0) is 22.4. The molecule has 0 heterocycles. The van der Waals surface area contributed by atoms with Gasteiger partial charge in [-0.25, -0.2) is 8.42 Å². The van der Waals surface area contributed by atoms with Crippen molar-refractivity contribution in [1.82, 2.24) is 0 Å². The van der Waals surface area contributed by atoms with Gasteiger partial charge in [0.2, 0.25) is 5.91 Å². The number of nitrogens with zero attached hydrogens (tertiary/aromatic N) is 1. The molecule has 0 aliphatic heterocycles. The molecular formula is C24H26N2O4S. The Labute approximate surface area is 183 Å². The van der Waals surface area contributed by atoms with Crippen LogP contribution in [0.1, 0.15) is 25.3 Å². The van der Waals surface area contributed by atoms with Gasteiger partial charge in [0, 0.05) is 0 Å². The molecule has 0 saturated heterocycles. The molecule has 0 fully saturated rings. The molecule has 1 amide bonds. The number of carbonyl (C=O) groups is 1. The second-order valence-corrected chi connectivity index (χ2v) is 9.18. The SMILES string of the molecule is COc1ccccc1NC(=O)CN(c1ccc(C(C)C)cc1)S(=O)(=O)c1ccccc1. The Kier molecular flexibility index (Phi) is 6.97. The van der Waals surface area contributed by atoms with Crippen LogP contribution in [0.25, 0.3) is 0 Å². The van der Waals surface area contributed by atoms with Crippen molar-refractivity contribution in [1.29, 1.82) is 0 Å². The minimum absolute atomic E-state index is 0.119. The summed E-state index contributed by atoms with van der Waals surface area (Å²) in [5.41, 5.74) is 1.98. The highest BCUT2D eigenvalue weighted by atomic mass is 32.2. The Balaban J connectivity index is 1.95. The van der Waals surface area contributed by atoms with Gasteiger partial charge in [-0.3, -0.25) is 9.10 Å². The van der Waals surface area contributed by atoms with E-state index in [1.807, 2.05) is 12.1 Å². The van der Waals surface area contributed by atoms with Crippen LogP contribution in [0.5, 0.6) is 5.75 Å². The molecule has 162 valence electrons. The van der Waals surface area contributed by atoms with Gasteiger partial charge in [0.15, 0.2) is 0 Å². The van der Waals surface area contributed by atoms with Gasteiger partial charge in [-0.1, -0.05) is 56.3 Å². The summed E-state index contributed by atoms with van der Waals surface area (Å²) >= 11 is 0. The molecular weight excluding hydrogens is 412 g/mol. The first kappa shape index (κ1) is 22.4. The zero-order valence-corrected chi connectivity index (χ0v) is 18.6. The van der Waals surface area contributed by atoms with E-state index >= 15 is 0 Å². The molecule has 0 saturated carbocycles. The fraction of sp³-hybridized carbons (Fsp3) is 0.208. The monoisotopic (exact) mass is 438 g/mol. The van der Waals surface area contributed by atoms with Crippen LogP contribution in [0, 0.1) is 0 Å². The average molecular weight is 439 g/mol.